The number of alkyl carbamates (subject to hydrolysis) is 1. The summed E-state index contributed by atoms with van der Waals surface area (Å²) in [5, 5.41) is 12.8. The number of nitrogens with one attached hydrogen (secondary N) is 1. The number of amides is 2. The van der Waals surface area contributed by atoms with E-state index in [9.17, 15) is 19.5 Å². The molecule has 2 aliphatic heterocycles. The maximum absolute atomic E-state index is 13.9. The van der Waals surface area contributed by atoms with Crippen molar-refractivity contribution in [1.29, 1.82) is 0 Å². The second-order valence-corrected chi connectivity index (χ2v) is 12.5. The van der Waals surface area contributed by atoms with Crippen molar-refractivity contribution in [2.45, 2.75) is 104 Å². The highest BCUT2D eigenvalue weighted by molar-refractivity contribution is 9.11. The molecule has 0 radical (unpaired) electrons. The summed E-state index contributed by atoms with van der Waals surface area (Å²) in [7, 11) is 1.59. The molecule has 0 aromatic rings. The fraction of sp³-hybridized carbons (Fsp3) is 0.724. The van der Waals surface area contributed by atoms with Crippen LogP contribution in [0.1, 0.15) is 73.6 Å². The van der Waals surface area contributed by atoms with Crippen molar-refractivity contribution in [1.82, 2.24) is 10.2 Å². The number of methoxy groups -OCH3 is 1. The molecule has 1 saturated heterocycles. The third kappa shape index (κ3) is 7.43. The number of aliphatic imine (C=N–C) groups is 1. The minimum absolute atomic E-state index is 0.0188. The molecule has 5 atom stereocenters. The maximum Gasteiger partial charge on any atom is 0.408 e. The van der Waals surface area contributed by atoms with Crippen molar-refractivity contribution >= 4 is 39.8 Å². The predicted octanol–water partition coefficient (Wildman–Crippen LogP) is 4.75. The number of hydrogen-bond donors (Lipinski definition) is 2. The quantitative estimate of drug-likeness (QED) is 0.368. The fourth-order valence-corrected chi connectivity index (χ4v) is 6.06. The van der Waals surface area contributed by atoms with Gasteiger partial charge < -0.3 is 34.3 Å². The number of likely N-dealkylation sites (tertiary alicyclic amines) is 1. The first kappa shape index (κ1) is 32.9. The molecule has 230 valence electrons. The van der Waals surface area contributed by atoms with Gasteiger partial charge in [0.15, 0.2) is 0 Å². The molecule has 1 aliphatic carbocycles. The number of carbonyl (C=O) groups excluding carboxylic acids is 2. The Labute approximate surface area is 250 Å². The molecular weight excluding hydrogens is 598 g/mol. The van der Waals surface area contributed by atoms with E-state index < -0.39 is 47.0 Å². The number of hydrogen-bond acceptors (Lipinski definition) is 8. The van der Waals surface area contributed by atoms with Gasteiger partial charge in [0, 0.05) is 24.6 Å². The molecule has 2 fully saturated rings. The molecule has 0 aromatic carbocycles. The van der Waals surface area contributed by atoms with Crippen LogP contribution < -0.4 is 5.32 Å². The molecule has 12 heteroatoms. The lowest BCUT2D eigenvalue weighted by Crippen LogP contribution is -2.57. The summed E-state index contributed by atoms with van der Waals surface area (Å²) in [4.78, 5) is 46.5. The van der Waals surface area contributed by atoms with Crippen molar-refractivity contribution in [3.05, 3.63) is 22.5 Å². The number of rotatable bonds is 9. The van der Waals surface area contributed by atoms with Gasteiger partial charge in [0.25, 0.3) is 0 Å². The Hall–Kier alpha value is -2.60. The Morgan fingerprint density at radius 3 is 2.46 bits per heavy atom. The number of aliphatic carboxylic acids is 1. The highest BCUT2D eigenvalue weighted by Gasteiger charge is 2.49. The molecule has 1 saturated carbocycles. The number of carboxylic acid groups (broad SMARTS) is 1. The van der Waals surface area contributed by atoms with Crippen LogP contribution in [0.3, 0.4) is 0 Å². The molecule has 11 nitrogen and oxygen atoms in total. The normalized spacial score (nSPS) is 27.6. The van der Waals surface area contributed by atoms with Gasteiger partial charge in [-0.25, -0.2) is 14.6 Å². The highest BCUT2D eigenvalue weighted by Crippen LogP contribution is 2.45. The fourth-order valence-electron chi connectivity index (χ4n) is 5.48. The lowest BCUT2D eigenvalue weighted by atomic mass is 9.78. The minimum Gasteiger partial charge on any atom is -0.492 e. The Bertz CT molecular complexity index is 1080. The van der Waals surface area contributed by atoms with Crippen LogP contribution in [0.4, 0.5) is 4.79 Å². The van der Waals surface area contributed by atoms with Crippen molar-refractivity contribution in [3.8, 4) is 0 Å². The predicted molar refractivity (Wildman–Crippen MR) is 156 cm³/mol. The summed E-state index contributed by atoms with van der Waals surface area (Å²) in [6.07, 6.45) is 3.51. The molecule has 41 heavy (non-hydrogen) atoms. The maximum atomic E-state index is 13.9. The zero-order chi connectivity index (χ0) is 30.5. The molecule has 0 aromatic heterocycles. The summed E-state index contributed by atoms with van der Waals surface area (Å²) < 4.78 is 23.4. The van der Waals surface area contributed by atoms with Crippen LogP contribution in [-0.4, -0.2) is 84.5 Å². The van der Waals surface area contributed by atoms with Crippen LogP contribution in [0.25, 0.3) is 0 Å². The SMILES string of the molecule is CCOC1=N/C(=C\Br)C(C)([C@H](C)OC)C(O[C@@H]2C[C@@H](C(=O)O)N(C(=O)[C@@H](NC(=O)OC3CCCC3)C(C)(C)C)C2)=C1. The summed E-state index contributed by atoms with van der Waals surface area (Å²) in [5.74, 6) is -0.797. The molecule has 0 bridgehead atoms. The third-order valence-corrected chi connectivity index (χ3v) is 8.60. The molecular formula is C29H44BrN3O8. The van der Waals surface area contributed by atoms with Crippen molar-refractivity contribution in [2.24, 2.45) is 15.8 Å². The Balaban J connectivity index is 1.86. The Kier molecular flexibility index (Phi) is 10.9. The monoisotopic (exact) mass is 641 g/mol. The first-order valence-corrected chi connectivity index (χ1v) is 15.1. The number of dihydropyridines is 1. The zero-order valence-corrected chi connectivity index (χ0v) is 26.7. The van der Waals surface area contributed by atoms with Crippen molar-refractivity contribution < 1.29 is 38.4 Å². The third-order valence-electron chi connectivity index (χ3n) is 8.17. The molecule has 3 rings (SSSR count). The van der Waals surface area contributed by atoms with E-state index in [2.05, 4.69) is 26.2 Å². The summed E-state index contributed by atoms with van der Waals surface area (Å²) in [6, 6.07) is -2.13. The van der Waals surface area contributed by atoms with E-state index in [1.807, 2.05) is 41.5 Å². The van der Waals surface area contributed by atoms with Crippen LogP contribution in [0, 0.1) is 10.8 Å². The number of ether oxygens (including phenoxy) is 4. The number of carboxylic acids is 1. The minimum atomic E-state index is -1.14. The molecule has 2 amide bonds. The number of carbonyl (C=O) groups is 3. The van der Waals surface area contributed by atoms with Gasteiger partial charge in [0.1, 0.15) is 30.1 Å². The lowest BCUT2D eigenvalue weighted by molar-refractivity contribution is -0.150. The highest BCUT2D eigenvalue weighted by atomic mass is 79.9. The van der Waals surface area contributed by atoms with E-state index in [4.69, 9.17) is 18.9 Å². The van der Waals surface area contributed by atoms with Crippen LogP contribution >= 0.6 is 15.9 Å². The lowest BCUT2D eigenvalue weighted by Gasteiger charge is -2.39. The average molecular weight is 643 g/mol. The van der Waals surface area contributed by atoms with Gasteiger partial charge in [-0.15, -0.1) is 0 Å². The van der Waals surface area contributed by atoms with E-state index in [-0.39, 0.29) is 25.2 Å². The zero-order valence-electron chi connectivity index (χ0n) is 25.1. The van der Waals surface area contributed by atoms with Crippen LogP contribution in [0.5, 0.6) is 0 Å². The van der Waals surface area contributed by atoms with Gasteiger partial charge in [-0.2, -0.15) is 0 Å². The summed E-state index contributed by atoms with van der Waals surface area (Å²) in [5.41, 5.74) is -0.912. The Morgan fingerprint density at radius 2 is 1.93 bits per heavy atom. The van der Waals surface area contributed by atoms with E-state index in [1.165, 1.54) is 4.90 Å². The van der Waals surface area contributed by atoms with E-state index in [0.717, 1.165) is 25.7 Å². The van der Waals surface area contributed by atoms with Gasteiger partial charge in [-0.1, -0.05) is 36.7 Å². The summed E-state index contributed by atoms with van der Waals surface area (Å²) in [6.45, 7) is 11.5. The second kappa shape index (κ2) is 13.6. The molecule has 1 unspecified atom stereocenters. The number of nitrogens with zero attached hydrogens (tertiary/aromatic N) is 2. The van der Waals surface area contributed by atoms with Gasteiger partial charge in [-0.3, -0.25) is 4.79 Å². The topological polar surface area (TPSA) is 136 Å². The van der Waals surface area contributed by atoms with E-state index in [0.29, 0.717) is 24.0 Å². The average Bonchev–Trinajstić information content (AvgIpc) is 3.57. The van der Waals surface area contributed by atoms with Gasteiger partial charge in [-0.05, 0) is 51.9 Å². The van der Waals surface area contributed by atoms with Crippen LogP contribution in [-0.2, 0) is 28.5 Å². The molecule has 2 heterocycles. The Morgan fingerprint density at radius 1 is 1.27 bits per heavy atom. The molecule has 0 spiro atoms. The molecule has 3 aliphatic rings. The van der Waals surface area contributed by atoms with Crippen LogP contribution in [0.15, 0.2) is 27.5 Å². The van der Waals surface area contributed by atoms with Crippen LogP contribution in [0.2, 0.25) is 0 Å². The first-order valence-electron chi connectivity index (χ1n) is 14.2. The largest absolute Gasteiger partial charge is 0.492 e. The van der Waals surface area contributed by atoms with Gasteiger partial charge in [0.05, 0.1) is 30.4 Å². The van der Waals surface area contributed by atoms with E-state index in [1.54, 1.807) is 18.2 Å². The smallest absolute Gasteiger partial charge is 0.408 e. The standard InChI is InChI=1S/C29H44BrN3O8/c1-8-39-23-14-22(29(6,17(2)38-7)21(15-30)31-23)40-19-13-20(26(35)36)33(16-19)25(34)24(28(3,4)5)32-27(37)41-18-11-9-10-12-18/h14-15,17-20,24H,8-13,16H2,1-7H3,(H,32,37)(H,35,36)/b21-15-/t17-,19+,20-,24+,29?/m0/s1. The van der Waals surface area contributed by atoms with E-state index >= 15 is 0 Å². The number of halogens is 1. The van der Waals surface area contributed by atoms with Crippen molar-refractivity contribution in [3.63, 3.8) is 0 Å². The van der Waals surface area contributed by atoms with Crippen molar-refractivity contribution in [2.75, 3.05) is 20.3 Å². The first-order chi connectivity index (χ1) is 19.3. The van der Waals surface area contributed by atoms with Gasteiger partial charge in [0.2, 0.25) is 11.8 Å². The molecule has 2 N–H and O–H groups in total. The second-order valence-electron chi connectivity index (χ2n) is 12.0. The van der Waals surface area contributed by atoms with Gasteiger partial charge >= 0.3 is 12.1 Å². The summed E-state index contributed by atoms with van der Waals surface area (Å²) >= 11 is 3.40.